The summed E-state index contributed by atoms with van der Waals surface area (Å²) < 4.78 is 0. The number of carbonyl (C=O) groups excluding carboxylic acids is 2. The summed E-state index contributed by atoms with van der Waals surface area (Å²) in [5.41, 5.74) is 2.99. The molecule has 1 aromatic heterocycles. The zero-order valence-electron chi connectivity index (χ0n) is 20.6. The Hall–Kier alpha value is -4.13. The van der Waals surface area contributed by atoms with Crippen LogP contribution < -0.4 is 16.0 Å². The molecule has 1 atom stereocenters. The summed E-state index contributed by atoms with van der Waals surface area (Å²) in [7, 11) is 1.65. The van der Waals surface area contributed by atoms with Gasteiger partial charge in [-0.1, -0.05) is 79.6 Å². The van der Waals surface area contributed by atoms with E-state index < -0.39 is 0 Å². The maximum atomic E-state index is 12.7. The molecule has 1 heterocycles. The maximum absolute atomic E-state index is 12.7. The molecular weight excluding hydrogens is 450 g/mol. The number of rotatable bonds is 11. The highest BCUT2D eigenvalue weighted by atomic mass is 16.2. The summed E-state index contributed by atoms with van der Waals surface area (Å²) in [6.45, 7) is 0.450. The van der Waals surface area contributed by atoms with Crippen LogP contribution in [-0.2, 0) is 11.3 Å². The third kappa shape index (κ3) is 6.95. The second-order valence-electron chi connectivity index (χ2n) is 8.88. The molecular formula is C29H33N5O2. The number of nitrogens with one attached hydrogen (secondary N) is 4. The molecule has 3 aromatic carbocycles. The van der Waals surface area contributed by atoms with Gasteiger partial charge in [0.2, 0.25) is 5.91 Å². The number of aromatic amines is 1. The number of hydrogen-bond acceptors (Lipinski definition) is 3. The number of aromatic nitrogens is 2. The molecule has 0 bridgehead atoms. The molecule has 7 heteroatoms. The molecule has 0 spiro atoms. The van der Waals surface area contributed by atoms with Gasteiger partial charge in [0.15, 0.2) is 0 Å². The fourth-order valence-corrected chi connectivity index (χ4v) is 4.22. The number of nitrogens with zero attached hydrogens (tertiary/aromatic N) is 1. The molecule has 4 rings (SSSR count). The quantitative estimate of drug-likeness (QED) is 0.213. The van der Waals surface area contributed by atoms with Crippen LogP contribution in [0.2, 0.25) is 0 Å². The molecule has 0 saturated heterocycles. The monoisotopic (exact) mass is 483 g/mol. The number of imidazole rings is 1. The largest absolute Gasteiger partial charge is 0.359 e. The molecule has 0 aliphatic carbocycles. The number of amides is 3. The van der Waals surface area contributed by atoms with Crippen LogP contribution in [0.3, 0.4) is 0 Å². The molecule has 1 unspecified atom stereocenters. The average Bonchev–Trinajstić information content (AvgIpc) is 3.41. The Morgan fingerprint density at radius 2 is 1.69 bits per heavy atom. The van der Waals surface area contributed by atoms with Crippen LogP contribution in [0.15, 0.2) is 79.0 Å². The van der Waals surface area contributed by atoms with Gasteiger partial charge in [0.05, 0.1) is 17.9 Å². The first-order chi connectivity index (χ1) is 17.6. The van der Waals surface area contributed by atoms with E-state index >= 15 is 0 Å². The zero-order valence-corrected chi connectivity index (χ0v) is 20.6. The average molecular weight is 484 g/mol. The number of fused-ring (bicyclic) bond motifs is 1. The number of urea groups is 1. The van der Waals surface area contributed by atoms with Crippen LogP contribution in [0.25, 0.3) is 22.0 Å². The minimum atomic E-state index is -0.269. The summed E-state index contributed by atoms with van der Waals surface area (Å²) in [6, 6.07) is 23.9. The smallest absolute Gasteiger partial charge is 0.315 e. The maximum Gasteiger partial charge on any atom is 0.315 e. The second kappa shape index (κ2) is 12.5. The Labute approximate surface area is 211 Å². The van der Waals surface area contributed by atoms with Crippen molar-refractivity contribution in [3.05, 3.63) is 90.4 Å². The first-order valence-corrected chi connectivity index (χ1v) is 12.5. The van der Waals surface area contributed by atoms with Crippen molar-refractivity contribution < 1.29 is 9.59 Å². The van der Waals surface area contributed by atoms with E-state index in [1.807, 2.05) is 48.7 Å². The van der Waals surface area contributed by atoms with Gasteiger partial charge in [-0.15, -0.1) is 0 Å². The topological polar surface area (TPSA) is 98.9 Å². The Bertz CT molecular complexity index is 1290. The summed E-state index contributed by atoms with van der Waals surface area (Å²) >= 11 is 0. The number of hydrogen-bond donors (Lipinski definition) is 4. The van der Waals surface area contributed by atoms with Crippen molar-refractivity contribution in [3.63, 3.8) is 0 Å². The predicted octanol–water partition coefficient (Wildman–Crippen LogP) is 5.47. The van der Waals surface area contributed by atoms with Crippen molar-refractivity contribution >= 4 is 22.7 Å². The van der Waals surface area contributed by atoms with E-state index in [1.54, 1.807) is 7.05 Å². The molecule has 0 radical (unpaired) electrons. The van der Waals surface area contributed by atoms with Crippen molar-refractivity contribution in [2.24, 2.45) is 0 Å². The molecule has 186 valence electrons. The normalized spacial score (nSPS) is 11.7. The molecule has 36 heavy (non-hydrogen) atoms. The second-order valence-corrected chi connectivity index (χ2v) is 8.88. The van der Waals surface area contributed by atoms with Crippen LogP contribution in [0, 0.1) is 0 Å². The van der Waals surface area contributed by atoms with E-state index in [0.29, 0.717) is 13.0 Å². The van der Waals surface area contributed by atoms with Crippen molar-refractivity contribution in [1.82, 2.24) is 25.9 Å². The Balaban J connectivity index is 1.43. The molecule has 4 aromatic rings. The van der Waals surface area contributed by atoms with Crippen molar-refractivity contribution in [2.75, 3.05) is 7.05 Å². The van der Waals surface area contributed by atoms with E-state index in [9.17, 15) is 9.59 Å². The summed E-state index contributed by atoms with van der Waals surface area (Å²) in [5, 5.41) is 11.0. The Kier molecular flexibility index (Phi) is 8.70. The summed E-state index contributed by atoms with van der Waals surface area (Å²) in [4.78, 5) is 32.3. The number of H-pyrrole nitrogens is 1. The van der Waals surface area contributed by atoms with Gasteiger partial charge in [0.1, 0.15) is 5.82 Å². The van der Waals surface area contributed by atoms with Gasteiger partial charge >= 0.3 is 6.03 Å². The first-order valence-electron chi connectivity index (χ1n) is 12.5. The SMILES string of the molecule is CNC(=O)CCCCCC(NC(=O)NCc1ccccc1)c1ncc(-c2ccc3ccccc3c2)[nH]1. The molecule has 4 N–H and O–H groups in total. The Morgan fingerprint density at radius 3 is 2.50 bits per heavy atom. The fourth-order valence-electron chi connectivity index (χ4n) is 4.22. The van der Waals surface area contributed by atoms with Gasteiger partial charge < -0.3 is 20.9 Å². The van der Waals surface area contributed by atoms with Gasteiger partial charge in [-0.2, -0.15) is 0 Å². The standard InChI is InChI=1S/C29H33N5O2/c1-30-27(35)15-7-3-6-14-25(34-29(36)32-19-21-10-4-2-5-11-21)28-31-20-26(33-28)24-17-16-22-12-8-9-13-23(22)18-24/h2,4-5,8-13,16-18,20,25H,3,6-7,14-15,19H2,1H3,(H,30,35)(H,31,33)(H2,32,34,36). The highest BCUT2D eigenvalue weighted by molar-refractivity contribution is 5.86. The lowest BCUT2D eigenvalue weighted by Gasteiger charge is -2.17. The van der Waals surface area contributed by atoms with Gasteiger partial charge in [-0.3, -0.25) is 4.79 Å². The van der Waals surface area contributed by atoms with Crippen LogP contribution in [-0.4, -0.2) is 29.0 Å². The number of benzene rings is 3. The first kappa shape index (κ1) is 25.0. The minimum Gasteiger partial charge on any atom is -0.359 e. The van der Waals surface area contributed by atoms with Gasteiger partial charge in [-0.05, 0) is 35.2 Å². The van der Waals surface area contributed by atoms with Crippen LogP contribution in [0.5, 0.6) is 0 Å². The van der Waals surface area contributed by atoms with Crippen LogP contribution in [0.1, 0.15) is 49.5 Å². The van der Waals surface area contributed by atoms with Crippen molar-refractivity contribution in [3.8, 4) is 11.3 Å². The van der Waals surface area contributed by atoms with E-state index in [2.05, 4.69) is 56.3 Å². The van der Waals surface area contributed by atoms with Crippen molar-refractivity contribution in [1.29, 1.82) is 0 Å². The van der Waals surface area contributed by atoms with Crippen molar-refractivity contribution in [2.45, 2.75) is 44.7 Å². The molecule has 0 fully saturated rings. The number of carbonyl (C=O) groups is 2. The van der Waals surface area contributed by atoms with Gasteiger partial charge in [0.25, 0.3) is 0 Å². The van der Waals surface area contributed by atoms with Gasteiger partial charge in [-0.25, -0.2) is 9.78 Å². The molecule has 3 amide bonds. The number of unbranched alkanes of at least 4 members (excludes halogenated alkanes) is 2. The van der Waals surface area contributed by atoms with Gasteiger partial charge in [0, 0.05) is 25.6 Å². The predicted molar refractivity (Wildman–Crippen MR) is 143 cm³/mol. The third-order valence-corrected chi connectivity index (χ3v) is 6.26. The van der Waals surface area contributed by atoms with E-state index in [1.165, 1.54) is 5.39 Å². The molecule has 0 aliphatic rings. The molecule has 0 saturated carbocycles. The lowest BCUT2D eigenvalue weighted by atomic mass is 10.1. The van der Waals surface area contributed by atoms with E-state index in [0.717, 1.165) is 53.7 Å². The lowest BCUT2D eigenvalue weighted by molar-refractivity contribution is -0.120. The Morgan fingerprint density at radius 1 is 0.917 bits per heavy atom. The molecule has 7 nitrogen and oxygen atoms in total. The van der Waals surface area contributed by atoms with Crippen LogP contribution in [0.4, 0.5) is 4.79 Å². The summed E-state index contributed by atoms with van der Waals surface area (Å²) in [5.74, 6) is 0.773. The zero-order chi connectivity index (χ0) is 25.2. The summed E-state index contributed by atoms with van der Waals surface area (Å²) in [6.07, 6.45) is 5.63. The van der Waals surface area contributed by atoms with E-state index in [4.69, 9.17) is 0 Å². The fraction of sp³-hybridized carbons (Fsp3) is 0.276. The third-order valence-electron chi connectivity index (χ3n) is 6.26. The van der Waals surface area contributed by atoms with Crippen LogP contribution >= 0.6 is 0 Å². The minimum absolute atomic E-state index is 0.0519. The lowest BCUT2D eigenvalue weighted by Crippen LogP contribution is -2.38. The highest BCUT2D eigenvalue weighted by Crippen LogP contribution is 2.25. The molecule has 0 aliphatic heterocycles. The van der Waals surface area contributed by atoms with E-state index in [-0.39, 0.29) is 18.0 Å². The highest BCUT2D eigenvalue weighted by Gasteiger charge is 2.18.